The van der Waals surface area contributed by atoms with E-state index in [1.54, 1.807) is 0 Å². The number of carboxylic acids is 1. The van der Waals surface area contributed by atoms with Crippen LogP contribution < -0.4 is 11.1 Å². The normalized spacial score (nSPS) is 10.4. The maximum Gasteiger partial charge on any atom is 0.305 e. The van der Waals surface area contributed by atoms with Crippen molar-refractivity contribution in [1.82, 2.24) is 10.3 Å². The Labute approximate surface area is 113 Å². The SMILES string of the molecule is Nc1ccc(F)c2ccnc(C(=O)NCCC(=O)O)c12. The van der Waals surface area contributed by atoms with Crippen LogP contribution in [0, 0.1) is 5.82 Å². The fourth-order valence-corrected chi connectivity index (χ4v) is 1.83. The Bertz CT molecular complexity index is 688. The molecule has 104 valence electrons. The number of carboxylic acid groups (broad SMARTS) is 1. The van der Waals surface area contributed by atoms with Crippen LogP contribution in [0.2, 0.25) is 0 Å². The van der Waals surface area contributed by atoms with Gasteiger partial charge < -0.3 is 16.2 Å². The fraction of sp³-hybridized carbons (Fsp3) is 0.154. The van der Waals surface area contributed by atoms with Crippen molar-refractivity contribution in [2.45, 2.75) is 6.42 Å². The Morgan fingerprint density at radius 3 is 2.80 bits per heavy atom. The first-order valence-corrected chi connectivity index (χ1v) is 5.83. The van der Waals surface area contributed by atoms with Crippen LogP contribution in [0.3, 0.4) is 0 Å². The van der Waals surface area contributed by atoms with Gasteiger partial charge >= 0.3 is 5.97 Å². The van der Waals surface area contributed by atoms with Gasteiger partial charge in [0, 0.05) is 29.2 Å². The van der Waals surface area contributed by atoms with Crippen LogP contribution in [-0.2, 0) is 4.79 Å². The van der Waals surface area contributed by atoms with Crippen molar-refractivity contribution in [2.24, 2.45) is 0 Å². The van der Waals surface area contributed by atoms with Gasteiger partial charge in [-0.15, -0.1) is 0 Å². The Hall–Kier alpha value is -2.70. The molecular formula is C13H12FN3O3. The van der Waals surface area contributed by atoms with Crippen LogP contribution in [0.15, 0.2) is 24.4 Å². The number of nitrogens with zero attached hydrogens (tertiary/aromatic N) is 1. The first-order chi connectivity index (χ1) is 9.50. The number of carbonyl (C=O) groups excluding carboxylic acids is 1. The van der Waals surface area contributed by atoms with Gasteiger partial charge in [-0.2, -0.15) is 0 Å². The number of aliphatic carboxylic acids is 1. The van der Waals surface area contributed by atoms with Crippen LogP contribution in [0.5, 0.6) is 0 Å². The molecule has 0 saturated carbocycles. The molecule has 1 amide bonds. The van der Waals surface area contributed by atoms with E-state index >= 15 is 0 Å². The van der Waals surface area contributed by atoms with Gasteiger partial charge in [-0.1, -0.05) is 0 Å². The molecule has 0 fully saturated rings. The van der Waals surface area contributed by atoms with Crippen LogP contribution in [0.25, 0.3) is 10.8 Å². The lowest BCUT2D eigenvalue weighted by Gasteiger charge is -2.09. The van der Waals surface area contributed by atoms with Crippen LogP contribution in [0.4, 0.5) is 10.1 Å². The van der Waals surface area contributed by atoms with Gasteiger partial charge in [0.2, 0.25) is 0 Å². The van der Waals surface area contributed by atoms with Gasteiger partial charge in [0.25, 0.3) is 5.91 Å². The summed E-state index contributed by atoms with van der Waals surface area (Å²) in [7, 11) is 0. The molecule has 1 heterocycles. The van der Waals surface area contributed by atoms with E-state index in [1.807, 2.05) is 0 Å². The largest absolute Gasteiger partial charge is 0.481 e. The van der Waals surface area contributed by atoms with E-state index in [4.69, 9.17) is 10.8 Å². The molecule has 0 aliphatic heterocycles. The van der Waals surface area contributed by atoms with E-state index < -0.39 is 17.7 Å². The average molecular weight is 277 g/mol. The summed E-state index contributed by atoms with van der Waals surface area (Å²) in [6, 6.07) is 3.99. The van der Waals surface area contributed by atoms with Crippen molar-refractivity contribution in [1.29, 1.82) is 0 Å². The number of amides is 1. The number of hydrogen-bond donors (Lipinski definition) is 3. The number of benzene rings is 1. The lowest BCUT2D eigenvalue weighted by molar-refractivity contribution is -0.136. The number of nitrogens with one attached hydrogen (secondary N) is 1. The van der Waals surface area contributed by atoms with Crippen molar-refractivity contribution < 1.29 is 19.1 Å². The Balaban J connectivity index is 2.37. The third-order valence-corrected chi connectivity index (χ3v) is 2.75. The van der Waals surface area contributed by atoms with E-state index in [1.165, 1.54) is 24.4 Å². The molecule has 2 aromatic rings. The quantitative estimate of drug-likeness (QED) is 0.727. The molecule has 20 heavy (non-hydrogen) atoms. The number of nitrogen functional groups attached to an aromatic ring is 1. The minimum absolute atomic E-state index is 0.0233. The molecule has 0 atom stereocenters. The number of pyridine rings is 1. The summed E-state index contributed by atoms with van der Waals surface area (Å²) < 4.78 is 13.7. The minimum atomic E-state index is -1.03. The number of hydrogen-bond acceptors (Lipinski definition) is 4. The van der Waals surface area contributed by atoms with Gasteiger partial charge in [0.1, 0.15) is 11.5 Å². The van der Waals surface area contributed by atoms with Gasteiger partial charge in [0.15, 0.2) is 0 Å². The predicted molar refractivity (Wildman–Crippen MR) is 70.7 cm³/mol. The third-order valence-electron chi connectivity index (χ3n) is 2.75. The van der Waals surface area contributed by atoms with Crippen molar-refractivity contribution >= 4 is 28.3 Å². The summed E-state index contributed by atoms with van der Waals surface area (Å²) in [6.07, 6.45) is 1.09. The predicted octanol–water partition coefficient (Wildman–Crippen LogP) is 1.16. The van der Waals surface area contributed by atoms with Gasteiger partial charge in [-0.3, -0.25) is 14.6 Å². The minimum Gasteiger partial charge on any atom is -0.481 e. The highest BCUT2D eigenvalue weighted by Crippen LogP contribution is 2.25. The average Bonchev–Trinajstić information content (AvgIpc) is 2.42. The van der Waals surface area contributed by atoms with E-state index in [2.05, 4.69) is 10.3 Å². The second-order valence-corrected chi connectivity index (χ2v) is 4.12. The number of anilines is 1. The molecule has 6 nitrogen and oxygen atoms in total. The zero-order valence-electron chi connectivity index (χ0n) is 10.4. The standard InChI is InChI=1S/C13H12FN3O3/c14-8-1-2-9(15)11-7(8)3-5-16-12(11)13(20)17-6-4-10(18)19/h1-3,5H,4,6,15H2,(H,17,20)(H,18,19). The summed E-state index contributed by atoms with van der Waals surface area (Å²) in [6.45, 7) is -0.0402. The number of carbonyl (C=O) groups is 2. The maximum absolute atomic E-state index is 13.7. The number of rotatable bonds is 4. The molecule has 1 aromatic heterocycles. The van der Waals surface area contributed by atoms with E-state index in [0.717, 1.165) is 0 Å². The Morgan fingerprint density at radius 1 is 1.35 bits per heavy atom. The number of aromatic nitrogens is 1. The van der Waals surface area contributed by atoms with Crippen molar-refractivity contribution in [2.75, 3.05) is 12.3 Å². The Morgan fingerprint density at radius 2 is 2.10 bits per heavy atom. The number of fused-ring (bicyclic) bond motifs is 1. The molecule has 0 aliphatic rings. The van der Waals surface area contributed by atoms with Crippen molar-refractivity contribution in [3.8, 4) is 0 Å². The highest BCUT2D eigenvalue weighted by Gasteiger charge is 2.15. The fourth-order valence-electron chi connectivity index (χ4n) is 1.83. The van der Waals surface area contributed by atoms with Gasteiger partial charge in [-0.25, -0.2) is 4.39 Å². The molecule has 7 heteroatoms. The van der Waals surface area contributed by atoms with Crippen LogP contribution in [0.1, 0.15) is 16.9 Å². The highest BCUT2D eigenvalue weighted by atomic mass is 19.1. The molecule has 0 unspecified atom stereocenters. The molecule has 4 N–H and O–H groups in total. The third kappa shape index (κ3) is 2.66. The van der Waals surface area contributed by atoms with Gasteiger partial charge in [0.05, 0.1) is 6.42 Å². The van der Waals surface area contributed by atoms with E-state index in [-0.39, 0.29) is 35.1 Å². The summed E-state index contributed by atoms with van der Waals surface area (Å²) in [5.74, 6) is -2.12. The summed E-state index contributed by atoms with van der Waals surface area (Å²) in [5.41, 5.74) is 5.97. The molecule has 0 spiro atoms. The second-order valence-electron chi connectivity index (χ2n) is 4.12. The van der Waals surface area contributed by atoms with Gasteiger partial charge in [-0.05, 0) is 18.2 Å². The molecule has 0 aliphatic carbocycles. The highest BCUT2D eigenvalue weighted by molar-refractivity contribution is 6.09. The monoisotopic (exact) mass is 277 g/mol. The molecular weight excluding hydrogens is 265 g/mol. The molecule has 2 rings (SSSR count). The zero-order valence-corrected chi connectivity index (χ0v) is 10.4. The number of halogens is 1. The summed E-state index contributed by atoms with van der Waals surface area (Å²) in [4.78, 5) is 26.3. The topological polar surface area (TPSA) is 105 Å². The molecule has 0 saturated heterocycles. The summed E-state index contributed by atoms with van der Waals surface area (Å²) in [5, 5.41) is 11.3. The maximum atomic E-state index is 13.7. The van der Waals surface area contributed by atoms with Crippen LogP contribution >= 0.6 is 0 Å². The van der Waals surface area contributed by atoms with E-state index in [9.17, 15) is 14.0 Å². The molecule has 0 bridgehead atoms. The molecule has 1 aromatic carbocycles. The molecule has 0 radical (unpaired) electrons. The summed E-state index contributed by atoms with van der Waals surface area (Å²) >= 11 is 0. The van der Waals surface area contributed by atoms with Crippen molar-refractivity contribution in [3.63, 3.8) is 0 Å². The first-order valence-electron chi connectivity index (χ1n) is 5.83. The lowest BCUT2D eigenvalue weighted by Crippen LogP contribution is -2.27. The van der Waals surface area contributed by atoms with Crippen molar-refractivity contribution in [3.05, 3.63) is 35.9 Å². The zero-order chi connectivity index (χ0) is 14.7. The van der Waals surface area contributed by atoms with Crippen LogP contribution in [-0.4, -0.2) is 28.5 Å². The lowest BCUT2D eigenvalue weighted by atomic mass is 10.1. The number of nitrogens with two attached hydrogens (primary N) is 1. The smallest absolute Gasteiger partial charge is 0.305 e. The first kappa shape index (κ1) is 13.7. The Kier molecular flexibility index (Phi) is 3.79. The second kappa shape index (κ2) is 5.52. The van der Waals surface area contributed by atoms with E-state index in [0.29, 0.717) is 0 Å².